The van der Waals surface area contributed by atoms with E-state index in [9.17, 15) is 13.6 Å². The van der Waals surface area contributed by atoms with Gasteiger partial charge in [-0.05, 0) is 35.2 Å². The number of hydrogen-bond donors (Lipinski definition) is 2. The number of anilines is 3. The molecule has 0 saturated heterocycles. The first-order chi connectivity index (χ1) is 13.2. The molecule has 0 fully saturated rings. The SMILES string of the molecule is CC(C)(C)c1ccc(Nc2ncc(C(=O)Nc3ccc(F)c(F)c3)cn2)cc1. The maximum atomic E-state index is 13.2. The van der Waals surface area contributed by atoms with Crippen LogP contribution in [0.5, 0.6) is 0 Å². The van der Waals surface area contributed by atoms with Gasteiger partial charge in [-0.25, -0.2) is 18.7 Å². The van der Waals surface area contributed by atoms with Crippen LogP contribution in [0.1, 0.15) is 36.7 Å². The Balaban J connectivity index is 1.65. The summed E-state index contributed by atoms with van der Waals surface area (Å²) < 4.78 is 26.2. The van der Waals surface area contributed by atoms with Crippen LogP contribution < -0.4 is 10.6 Å². The zero-order valence-corrected chi connectivity index (χ0v) is 15.8. The largest absolute Gasteiger partial charge is 0.324 e. The molecular formula is C21H20F2N4O. The smallest absolute Gasteiger partial charge is 0.258 e. The van der Waals surface area contributed by atoms with Crippen LogP contribution in [0.15, 0.2) is 54.9 Å². The summed E-state index contributed by atoms with van der Waals surface area (Å²) in [5.41, 5.74) is 2.44. The van der Waals surface area contributed by atoms with Crippen LogP contribution in [0, 0.1) is 11.6 Å². The number of aromatic nitrogens is 2. The van der Waals surface area contributed by atoms with Crippen molar-refractivity contribution < 1.29 is 13.6 Å². The topological polar surface area (TPSA) is 66.9 Å². The summed E-state index contributed by atoms with van der Waals surface area (Å²) in [5.74, 6) is -2.20. The number of nitrogens with zero attached hydrogens (tertiary/aromatic N) is 2. The zero-order chi connectivity index (χ0) is 20.3. The first-order valence-corrected chi connectivity index (χ1v) is 8.68. The molecule has 1 aromatic heterocycles. The van der Waals surface area contributed by atoms with Crippen molar-refractivity contribution in [1.82, 2.24) is 9.97 Å². The van der Waals surface area contributed by atoms with E-state index in [1.54, 1.807) is 0 Å². The number of carbonyl (C=O) groups is 1. The molecule has 28 heavy (non-hydrogen) atoms. The number of rotatable bonds is 4. The molecule has 7 heteroatoms. The lowest BCUT2D eigenvalue weighted by Crippen LogP contribution is -2.13. The molecule has 0 aliphatic carbocycles. The van der Waals surface area contributed by atoms with E-state index >= 15 is 0 Å². The van der Waals surface area contributed by atoms with Crippen molar-refractivity contribution in [2.24, 2.45) is 0 Å². The molecule has 0 unspecified atom stereocenters. The minimum absolute atomic E-state index is 0.0669. The number of amides is 1. The van der Waals surface area contributed by atoms with Crippen LogP contribution >= 0.6 is 0 Å². The molecule has 144 valence electrons. The van der Waals surface area contributed by atoms with Gasteiger partial charge in [-0.1, -0.05) is 32.9 Å². The van der Waals surface area contributed by atoms with Crippen molar-refractivity contribution in [2.75, 3.05) is 10.6 Å². The Bertz CT molecular complexity index is 981. The van der Waals surface area contributed by atoms with E-state index in [0.717, 1.165) is 17.8 Å². The number of hydrogen-bond acceptors (Lipinski definition) is 4. The van der Waals surface area contributed by atoms with Gasteiger partial charge in [-0.15, -0.1) is 0 Å². The van der Waals surface area contributed by atoms with Crippen LogP contribution in [0.2, 0.25) is 0 Å². The van der Waals surface area contributed by atoms with Crippen molar-refractivity contribution in [3.63, 3.8) is 0 Å². The maximum Gasteiger partial charge on any atom is 0.258 e. The van der Waals surface area contributed by atoms with Crippen molar-refractivity contribution in [3.8, 4) is 0 Å². The Morgan fingerprint density at radius 1 is 0.893 bits per heavy atom. The van der Waals surface area contributed by atoms with E-state index in [1.807, 2.05) is 24.3 Å². The highest BCUT2D eigenvalue weighted by atomic mass is 19.2. The number of carbonyl (C=O) groups excluding carboxylic acids is 1. The molecule has 0 aliphatic heterocycles. The molecule has 2 aromatic carbocycles. The highest BCUT2D eigenvalue weighted by molar-refractivity contribution is 6.03. The molecule has 3 rings (SSSR count). The standard InChI is InChI=1S/C21H20F2N4O/c1-21(2,3)14-4-6-15(7-5-14)27-20-24-11-13(12-25-20)19(28)26-16-8-9-17(22)18(23)10-16/h4-12H,1-3H3,(H,26,28)(H,24,25,27). The van der Waals surface area contributed by atoms with Crippen molar-refractivity contribution in [2.45, 2.75) is 26.2 Å². The molecule has 0 spiro atoms. The van der Waals surface area contributed by atoms with Crippen LogP contribution in [-0.4, -0.2) is 15.9 Å². The number of benzene rings is 2. The summed E-state index contributed by atoms with van der Waals surface area (Å²) in [6, 6.07) is 11.1. The summed E-state index contributed by atoms with van der Waals surface area (Å²) in [7, 11) is 0. The van der Waals surface area contributed by atoms with Gasteiger partial charge in [0, 0.05) is 29.8 Å². The van der Waals surface area contributed by atoms with E-state index in [-0.39, 0.29) is 16.7 Å². The highest BCUT2D eigenvalue weighted by Crippen LogP contribution is 2.24. The normalized spacial score (nSPS) is 11.2. The van der Waals surface area contributed by atoms with Crippen LogP contribution in [0.4, 0.5) is 26.1 Å². The van der Waals surface area contributed by atoms with Gasteiger partial charge in [0.15, 0.2) is 11.6 Å². The molecule has 0 atom stereocenters. The van der Waals surface area contributed by atoms with Gasteiger partial charge in [0.25, 0.3) is 5.91 Å². The maximum absolute atomic E-state index is 13.2. The van der Waals surface area contributed by atoms with Gasteiger partial charge < -0.3 is 10.6 Å². The predicted molar refractivity (Wildman–Crippen MR) is 105 cm³/mol. The molecule has 2 N–H and O–H groups in total. The van der Waals surface area contributed by atoms with E-state index in [2.05, 4.69) is 41.4 Å². The monoisotopic (exact) mass is 382 g/mol. The summed E-state index contributed by atoms with van der Waals surface area (Å²) in [6.45, 7) is 6.42. The molecule has 1 heterocycles. The zero-order valence-electron chi connectivity index (χ0n) is 15.8. The number of halogens is 2. The van der Waals surface area contributed by atoms with Crippen molar-refractivity contribution in [3.05, 3.63) is 77.6 Å². The Labute approximate surface area is 161 Å². The molecule has 0 radical (unpaired) electrons. The number of nitrogens with one attached hydrogen (secondary N) is 2. The molecule has 1 amide bonds. The third-order valence-electron chi connectivity index (χ3n) is 4.10. The fourth-order valence-electron chi connectivity index (χ4n) is 2.47. The highest BCUT2D eigenvalue weighted by Gasteiger charge is 2.13. The predicted octanol–water partition coefficient (Wildman–Crippen LogP) is 5.05. The van der Waals surface area contributed by atoms with E-state index in [4.69, 9.17) is 0 Å². The second kappa shape index (κ2) is 7.72. The summed E-state index contributed by atoms with van der Waals surface area (Å²) in [5, 5.41) is 5.54. The van der Waals surface area contributed by atoms with Gasteiger partial charge in [0.05, 0.1) is 5.56 Å². The molecule has 5 nitrogen and oxygen atoms in total. The van der Waals surface area contributed by atoms with Crippen LogP contribution in [0.3, 0.4) is 0 Å². The van der Waals surface area contributed by atoms with Gasteiger partial charge in [-0.3, -0.25) is 4.79 Å². The second-order valence-corrected chi connectivity index (χ2v) is 7.33. The third kappa shape index (κ3) is 4.68. The fourth-order valence-corrected chi connectivity index (χ4v) is 2.47. The molecule has 0 aliphatic rings. The fraction of sp³-hybridized carbons (Fsp3) is 0.190. The minimum Gasteiger partial charge on any atom is -0.324 e. The van der Waals surface area contributed by atoms with E-state index in [1.165, 1.54) is 24.0 Å². The molecule has 0 bridgehead atoms. The Morgan fingerprint density at radius 2 is 1.50 bits per heavy atom. The molecule has 3 aromatic rings. The molecular weight excluding hydrogens is 362 g/mol. The van der Waals surface area contributed by atoms with Crippen LogP contribution in [-0.2, 0) is 5.41 Å². The van der Waals surface area contributed by atoms with E-state index < -0.39 is 17.5 Å². The lowest BCUT2D eigenvalue weighted by molar-refractivity contribution is 0.102. The summed E-state index contributed by atoms with van der Waals surface area (Å²) in [4.78, 5) is 20.4. The third-order valence-corrected chi connectivity index (χ3v) is 4.10. The summed E-state index contributed by atoms with van der Waals surface area (Å²) in [6.07, 6.45) is 2.71. The quantitative estimate of drug-likeness (QED) is 0.663. The van der Waals surface area contributed by atoms with Crippen molar-refractivity contribution >= 4 is 23.2 Å². The lowest BCUT2D eigenvalue weighted by Gasteiger charge is -2.19. The van der Waals surface area contributed by atoms with Gasteiger partial charge in [0.2, 0.25) is 5.95 Å². The molecule has 0 saturated carbocycles. The van der Waals surface area contributed by atoms with Gasteiger partial charge in [-0.2, -0.15) is 0 Å². The average Bonchev–Trinajstić information content (AvgIpc) is 2.65. The first kappa shape index (κ1) is 19.4. The van der Waals surface area contributed by atoms with Crippen LogP contribution in [0.25, 0.3) is 0 Å². The minimum atomic E-state index is -1.04. The second-order valence-electron chi connectivity index (χ2n) is 7.33. The van der Waals surface area contributed by atoms with E-state index in [0.29, 0.717) is 5.95 Å². The average molecular weight is 382 g/mol. The van der Waals surface area contributed by atoms with Gasteiger partial charge >= 0.3 is 0 Å². The Hall–Kier alpha value is -3.35. The summed E-state index contributed by atoms with van der Waals surface area (Å²) >= 11 is 0. The van der Waals surface area contributed by atoms with Gasteiger partial charge in [0.1, 0.15) is 0 Å². The first-order valence-electron chi connectivity index (χ1n) is 8.68. The Morgan fingerprint density at radius 3 is 2.07 bits per heavy atom. The Kier molecular flexibility index (Phi) is 5.35. The van der Waals surface area contributed by atoms with Crippen molar-refractivity contribution in [1.29, 1.82) is 0 Å². The lowest BCUT2D eigenvalue weighted by atomic mass is 9.87.